The highest BCUT2D eigenvalue weighted by molar-refractivity contribution is 5.98. The average molecular weight is 432 g/mol. The fraction of sp³-hybridized carbons (Fsp3) is 0.333. The van der Waals surface area contributed by atoms with E-state index < -0.39 is 6.04 Å². The summed E-state index contributed by atoms with van der Waals surface area (Å²) in [6, 6.07) is 14.3. The van der Waals surface area contributed by atoms with Gasteiger partial charge >= 0.3 is 0 Å². The number of benzene rings is 1. The van der Waals surface area contributed by atoms with Gasteiger partial charge < -0.3 is 19.3 Å². The number of amides is 2. The van der Waals surface area contributed by atoms with Gasteiger partial charge in [-0.2, -0.15) is 0 Å². The minimum atomic E-state index is -0.601. The summed E-state index contributed by atoms with van der Waals surface area (Å²) in [4.78, 5) is 38.8. The summed E-state index contributed by atoms with van der Waals surface area (Å²) in [6.45, 7) is 2.38. The molecule has 0 saturated carbocycles. The number of likely N-dealkylation sites (tertiary alicyclic amines) is 1. The van der Waals surface area contributed by atoms with E-state index in [9.17, 15) is 9.59 Å². The third kappa shape index (κ3) is 4.13. The zero-order chi connectivity index (χ0) is 21.9. The van der Waals surface area contributed by atoms with E-state index in [1.54, 1.807) is 34.3 Å². The number of aromatic nitrogens is 2. The minimum absolute atomic E-state index is 0.0697. The number of fused-ring (bicyclic) bond motifs is 1. The number of carbonyl (C=O) groups excluding carboxylic acids is 2. The van der Waals surface area contributed by atoms with Gasteiger partial charge in [0, 0.05) is 31.1 Å². The third-order valence-corrected chi connectivity index (χ3v) is 5.89. The van der Waals surface area contributed by atoms with Gasteiger partial charge in [0.05, 0.1) is 31.5 Å². The molecule has 2 aromatic heterocycles. The third-order valence-electron chi connectivity index (χ3n) is 5.89. The molecule has 32 heavy (non-hydrogen) atoms. The summed E-state index contributed by atoms with van der Waals surface area (Å²) in [5, 5.41) is 0.962. The topological polar surface area (TPSA) is 84.9 Å². The molecule has 0 spiro atoms. The molecule has 8 heteroatoms. The fourth-order valence-electron chi connectivity index (χ4n) is 4.28. The molecule has 3 aromatic rings. The summed E-state index contributed by atoms with van der Waals surface area (Å²) in [6.07, 6.45) is 3.42. The second kappa shape index (κ2) is 8.92. The molecular formula is C24H24N4O4. The lowest BCUT2D eigenvalue weighted by atomic mass is 10.1. The summed E-state index contributed by atoms with van der Waals surface area (Å²) in [5.74, 6) is 0.285. The van der Waals surface area contributed by atoms with Crippen LogP contribution in [0.25, 0.3) is 10.9 Å². The summed E-state index contributed by atoms with van der Waals surface area (Å²) in [7, 11) is 0. The van der Waals surface area contributed by atoms with Gasteiger partial charge in [-0.1, -0.05) is 24.3 Å². The molecule has 2 amide bonds. The zero-order valence-electron chi connectivity index (χ0n) is 17.6. The Hall–Kier alpha value is -3.52. The molecule has 0 N–H and O–H groups in total. The molecule has 2 saturated heterocycles. The van der Waals surface area contributed by atoms with E-state index in [4.69, 9.17) is 9.47 Å². The molecule has 2 aliphatic rings. The maximum Gasteiger partial charge on any atom is 0.273 e. The standard InChI is InChI=1S/C24H24N4O4/c29-23(21-8-7-17-4-1-2-6-20(17)26-21)28-16-19(32-18-5-3-9-25-15-18)14-22(28)24(30)27-10-12-31-13-11-27/h1-9,15,19,22H,10-14,16H2/t19-,22+/m0/s1. The highest BCUT2D eigenvalue weighted by Crippen LogP contribution is 2.26. The van der Waals surface area contributed by atoms with Crippen molar-refractivity contribution < 1.29 is 19.1 Å². The van der Waals surface area contributed by atoms with Crippen molar-refractivity contribution in [3.05, 3.63) is 66.6 Å². The Morgan fingerprint density at radius 1 is 1.03 bits per heavy atom. The summed E-state index contributed by atoms with van der Waals surface area (Å²) >= 11 is 0. The lowest BCUT2D eigenvalue weighted by Gasteiger charge is -2.32. The second-order valence-electron chi connectivity index (χ2n) is 7.96. The molecule has 8 nitrogen and oxygen atoms in total. The molecule has 0 aliphatic carbocycles. The zero-order valence-corrected chi connectivity index (χ0v) is 17.6. The van der Waals surface area contributed by atoms with Crippen molar-refractivity contribution in [3.63, 3.8) is 0 Å². The molecule has 4 heterocycles. The second-order valence-corrected chi connectivity index (χ2v) is 7.96. The van der Waals surface area contributed by atoms with E-state index in [2.05, 4.69) is 9.97 Å². The van der Waals surface area contributed by atoms with Crippen LogP contribution in [-0.4, -0.2) is 76.6 Å². The predicted octanol–water partition coefficient (Wildman–Crippen LogP) is 2.15. The van der Waals surface area contributed by atoms with E-state index >= 15 is 0 Å². The van der Waals surface area contributed by atoms with Gasteiger partial charge in [0.1, 0.15) is 23.6 Å². The van der Waals surface area contributed by atoms with E-state index in [1.165, 1.54) is 0 Å². The van der Waals surface area contributed by atoms with Gasteiger partial charge in [-0.05, 0) is 24.3 Å². The Labute approximate surface area is 185 Å². The SMILES string of the molecule is O=C([C@H]1C[C@H](Oc2cccnc2)CN1C(=O)c1ccc2ccccc2n1)N1CCOCC1. The summed E-state index contributed by atoms with van der Waals surface area (Å²) < 4.78 is 11.4. The van der Waals surface area contributed by atoms with Crippen molar-refractivity contribution in [2.45, 2.75) is 18.6 Å². The van der Waals surface area contributed by atoms with Gasteiger partial charge in [0.25, 0.3) is 5.91 Å². The molecule has 0 bridgehead atoms. The Bertz CT molecular complexity index is 1120. The van der Waals surface area contributed by atoms with Crippen molar-refractivity contribution >= 4 is 22.7 Å². The van der Waals surface area contributed by atoms with Crippen LogP contribution in [0.15, 0.2) is 60.9 Å². The van der Waals surface area contributed by atoms with Crippen molar-refractivity contribution in [1.29, 1.82) is 0 Å². The number of morpholine rings is 1. The van der Waals surface area contributed by atoms with Crippen molar-refractivity contribution in [3.8, 4) is 5.75 Å². The number of ether oxygens (including phenoxy) is 2. The van der Waals surface area contributed by atoms with Crippen LogP contribution in [-0.2, 0) is 9.53 Å². The molecule has 5 rings (SSSR count). The van der Waals surface area contributed by atoms with Crippen LogP contribution in [0, 0.1) is 0 Å². The fourth-order valence-corrected chi connectivity index (χ4v) is 4.28. The van der Waals surface area contributed by atoms with Gasteiger partial charge in [0.15, 0.2) is 0 Å². The van der Waals surface area contributed by atoms with Crippen LogP contribution in [0.2, 0.25) is 0 Å². The Morgan fingerprint density at radius 2 is 1.88 bits per heavy atom. The first-order chi connectivity index (χ1) is 15.7. The minimum Gasteiger partial charge on any atom is -0.487 e. The van der Waals surface area contributed by atoms with Crippen LogP contribution < -0.4 is 4.74 Å². The number of hydrogen-bond acceptors (Lipinski definition) is 6. The first-order valence-electron chi connectivity index (χ1n) is 10.8. The smallest absolute Gasteiger partial charge is 0.273 e. The van der Waals surface area contributed by atoms with Crippen molar-refractivity contribution in [1.82, 2.24) is 19.8 Å². The largest absolute Gasteiger partial charge is 0.487 e. The number of rotatable bonds is 4. The number of pyridine rings is 2. The summed E-state index contributed by atoms with van der Waals surface area (Å²) in [5.41, 5.74) is 1.07. The Morgan fingerprint density at radius 3 is 2.69 bits per heavy atom. The van der Waals surface area contributed by atoms with E-state index in [0.29, 0.717) is 50.7 Å². The van der Waals surface area contributed by atoms with Crippen LogP contribution in [0.5, 0.6) is 5.75 Å². The van der Waals surface area contributed by atoms with Crippen LogP contribution in [0.4, 0.5) is 0 Å². The first kappa shape index (κ1) is 20.4. The molecule has 2 aliphatic heterocycles. The maximum atomic E-state index is 13.5. The van der Waals surface area contributed by atoms with Crippen LogP contribution in [0.3, 0.4) is 0 Å². The number of para-hydroxylation sites is 1. The number of nitrogens with zero attached hydrogens (tertiary/aromatic N) is 4. The predicted molar refractivity (Wildman–Crippen MR) is 117 cm³/mol. The van der Waals surface area contributed by atoms with E-state index in [1.807, 2.05) is 36.4 Å². The molecule has 0 radical (unpaired) electrons. The monoisotopic (exact) mass is 432 g/mol. The van der Waals surface area contributed by atoms with Crippen molar-refractivity contribution in [2.75, 3.05) is 32.8 Å². The van der Waals surface area contributed by atoms with Gasteiger partial charge in [-0.3, -0.25) is 14.6 Å². The molecule has 2 atom stereocenters. The number of hydrogen-bond donors (Lipinski definition) is 0. The van der Waals surface area contributed by atoms with Gasteiger partial charge in [-0.15, -0.1) is 0 Å². The highest BCUT2D eigenvalue weighted by atomic mass is 16.5. The lowest BCUT2D eigenvalue weighted by Crippen LogP contribution is -2.51. The molecule has 1 aromatic carbocycles. The van der Waals surface area contributed by atoms with Crippen molar-refractivity contribution in [2.24, 2.45) is 0 Å². The van der Waals surface area contributed by atoms with E-state index in [-0.39, 0.29) is 17.9 Å². The maximum absolute atomic E-state index is 13.5. The first-order valence-corrected chi connectivity index (χ1v) is 10.8. The molecule has 2 fully saturated rings. The average Bonchev–Trinajstić information content (AvgIpc) is 3.27. The molecular weight excluding hydrogens is 408 g/mol. The quantitative estimate of drug-likeness (QED) is 0.628. The van der Waals surface area contributed by atoms with Crippen LogP contribution >= 0.6 is 0 Å². The Kier molecular flexibility index (Phi) is 5.68. The van der Waals surface area contributed by atoms with Crippen LogP contribution in [0.1, 0.15) is 16.9 Å². The molecule has 0 unspecified atom stereocenters. The van der Waals surface area contributed by atoms with E-state index in [0.717, 1.165) is 10.9 Å². The molecule has 164 valence electrons. The van der Waals surface area contributed by atoms with Gasteiger partial charge in [-0.25, -0.2) is 4.98 Å². The lowest BCUT2D eigenvalue weighted by molar-refractivity contribution is -0.139. The normalized spacial score (nSPS) is 21.0. The number of carbonyl (C=O) groups is 2. The Balaban J connectivity index is 1.41. The van der Waals surface area contributed by atoms with Gasteiger partial charge in [0.2, 0.25) is 5.91 Å². The highest BCUT2D eigenvalue weighted by Gasteiger charge is 2.43.